The maximum Gasteiger partial charge on any atom is 0.258 e. The fourth-order valence-electron chi connectivity index (χ4n) is 2.50. The summed E-state index contributed by atoms with van der Waals surface area (Å²) in [6, 6.07) is 9.75. The largest absolute Gasteiger partial charge is 0.467 e. The smallest absolute Gasteiger partial charge is 0.258 e. The monoisotopic (exact) mass is 341 g/mol. The molecule has 1 aromatic carbocycles. The van der Waals surface area contributed by atoms with Gasteiger partial charge in [0.25, 0.3) is 5.91 Å². The fraction of sp³-hybridized carbons (Fsp3) is 0.278. The first kappa shape index (κ1) is 16.4. The molecular weight excluding hydrogens is 322 g/mol. The van der Waals surface area contributed by atoms with Crippen LogP contribution in [-0.2, 0) is 4.79 Å². The number of amides is 1. The van der Waals surface area contributed by atoms with Crippen LogP contribution in [0.2, 0.25) is 0 Å². The molecule has 0 saturated carbocycles. The zero-order valence-corrected chi connectivity index (χ0v) is 14.7. The third-order valence-corrected chi connectivity index (χ3v) is 5.06. The van der Waals surface area contributed by atoms with Crippen molar-refractivity contribution in [3.63, 3.8) is 0 Å². The molecule has 6 heteroatoms. The van der Waals surface area contributed by atoms with Crippen molar-refractivity contribution in [3.8, 4) is 5.88 Å². The summed E-state index contributed by atoms with van der Waals surface area (Å²) in [5.74, 6) is 0.284. The van der Waals surface area contributed by atoms with E-state index in [9.17, 15) is 4.79 Å². The van der Waals surface area contributed by atoms with Gasteiger partial charge in [-0.2, -0.15) is 0 Å². The van der Waals surface area contributed by atoms with E-state index < -0.39 is 0 Å². The minimum atomic E-state index is -0.178. The SMILES string of the molecule is Cc1sc2ncnc(OCC(=O)N[C@@H](C)c3ccccc3)c2c1C. The Morgan fingerprint density at radius 3 is 2.75 bits per heavy atom. The van der Waals surface area contributed by atoms with Gasteiger partial charge in [-0.1, -0.05) is 30.3 Å². The first-order valence-electron chi connectivity index (χ1n) is 7.74. The van der Waals surface area contributed by atoms with Gasteiger partial charge in [-0.05, 0) is 31.9 Å². The average molecular weight is 341 g/mol. The number of nitrogens with one attached hydrogen (secondary N) is 1. The first-order chi connectivity index (χ1) is 11.6. The van der Waals surface area contributed by atoms with Crippen LogP contribution >= 0.6 is 11.3 Å². The molecule has 0 unspecified atom stereocenters. The molecule has 0 aliphatic heterocycles. The van der Waals surface area contributed by atoms with Gasteiger partial charge in [0, 0.05) is 4.88 Å². The molecule has 24 heavy (non-hydrogen) atoms. The Labute approximate surface area is 144 Å². The topological polar surface area (TPSA) is 64.1 Å². The third-order valence-electron chi connectivity index (χ3n) is 3.95. The van der Waals surface area contributed by atoms with Crippen LogP contribution in [0, 0.1) is 13.8 Å². The van der Waals surface area contributed by atoms with Gasteiger partial charge in [-0.25, -0.2) is 9.97 Å². The lowest BCUT2D eigenvalue weighted by Gasteiger charge is -2.14. The number of fused-ring (bicyclic) bond motifs is 1. The van der Waals surface area contributed by atoms with Crippen LogP contribution in [0.1, 0.15) is 29.0 Å². The summed E-state index contributed by atoms with van der Waals surface area (Å²) < 4.78 is 5.66. The van der Waals surface area contributed by atoms with Crippen molar-refractivity contribution in [3.05, 3.63) is 52.7 Å². The number of nitrogens with zero attached hydrogens (tertiary/aromatic N) is 2. The summed E-state index contributed by atoms with van der Waals surface area (Å²) in [7, 11) is 0. The van der Waals surface area contributed by atoms with Crippen LogP contribution in [0.25, 0.3) is 10.2 Å². The Kier molecular flexibility index (Phi) is 4.76. The van der Waals surface area contributed by atoms with E-state index >= 15 is 0 Å². The van der Waals surface area contributed by atoms with Gasteiger partial charge < -0.3 is 10.1 Å². The number of hydrogen-bond acceptors (Lipinski definition) is 5. The number of aryl methyl sites for hydroxylation is 2. The van der Waals surface area contributed by atoms with Gasteiger partial charge in [0.2, 0.25) is 5.88 Å². The Morgan fingerprint density at radius 2 is 2.00 bits per heavy atom. The highest BCUT2D eigenvalue weighted by Crippen LogP contribution is 2.33. The molecular formula is C18H19N3O2S. The van der Waals surface area contributed by atoms with Crippen molar-refractivity contribution >= 4 is 27.5 Å². The van der Waals surface area contributed by atoms with Crippen LogP contribution in [-0.4, -0.2) is 22.5 Å². The van der Waals surface area contributed by atoms with Gasteiger partial charge in [0.05, 0.1) is 11.4 Å². The van der Waals surface area contributed by atoms with Crippen LogP contribution in [0.15, 0.2) is 36.7 Å². The molecule has 0 bridgehead atoms. The van der Waals surface area contributed by atoms with Crippen LogP contribution in [0.4, 0.5) is 0 Å². The molecule has 0 fully saturated rings. The maximum atomic E-state index is 12.1. The van der Waals surface area contributed by atoms with Crippen LogP contribution < -0.4 is 10.1 Å². The van der Waals surface area contributed by atoms with E-state index in [1.54, 1.807) is 11.3 Å². The number of ether oxygens (including phenoxy) is 1. The normalized spacial score (nSPS) is 12.1. The maximum absolute atomic E-state index is 12.1. The number of rotatable bonds is 5. The molecule has 2 aromatic heterocycles. The van der Waals surface area contributed by atoms with Crippen molar-refractivity contribution in [2.24, 2.45) is 0 Å². The first-order valence-corrected chi connectivity index (χ1v) is 8.55. The fourth-order valence-corrected chi connectivity index (χ4v) is 3.49. The van der Waals surface area contributed by atoms with E-state index in [0.29, 0.717) is 5.88 Å². The minimum absolute atomic E-state index is 0.0714. The predicted octanol–water partition coefficient (Wildman–Crippen LogP) is 3.56. The summed E-state index contributed by atoms with van der Waals surface area (Å²) >= 11 is 1.60. The van der Waals surface area contributed by atoms with E-state index in [0.717, 1.165) is 21.3 Å². The standard InChI is InChI=1S/C18H19N3O2S/c1-11-13(3)24-18-16(11)17(19-10-20-18)23-9-15(22)21-12(2)14-7-5-4-6-8-14/h4-8,10,12H,9H2,1-3H3,(H,21,22)/t12-/m0/s1. The summed E-state index contributed by atoms with van der Waals surface area (Å²) in [5.41, 5.74) is 2.16. The summed E-state index contributed by atoms with van der Waals surface area (Å²) in [5, 5.41) is 3.82. The summed E-state index contributed by atoms with van der Waals surface area (Å²) in [4.78, 5) is 22.7. The Bertz CT molecular complexity index is 861. The molecule has 1 amide bonds. The van der Waals surface area contributed by atoms with Crippen molar-refractivity contribution in [2.75, 3.05) is 6.61 Å². The van der Waals surface area contributed by atoms with E-state index in [1.165, 1.54) is 11.2 Å². The third kappa shape index (κ3) is 3.38. The minimum Gasteiger partial charge on any atom is -0.467 e. The summed E-state index contributed by atoms with van der Waals surface area (Å²) in [6.45, 7) is 5.93. The molecule has 0 radical (unpaired) electrons. The van der Waals surface area contributed by atoms with Gasteiger partial charge in [0.15, 0.2) is 6.61 Å². The van der Waals surface area contributed by atoms with E-state index in [1.807, 2.05) is 51.1 Å². The lowest BCUT2D eigenvalue weighted by atomic mass is 10.1. The van der Waals surface area contributed by atoms with Gasteiger partial charge in [0.1, 0.15) is 11.2 Å². The highest BCUT2D eigenvalue weighted by molar-refractivity contribution is 7.18. The second kappa shape index (κ2) is 6.97. The van der Waals surface area contributed by atoms with Gasteiger partial charge >= 0.3 is 0 Å². The van der Waals surface area contributed by atoms with E-state index in [2.05, 4.69) is 15.3 Å². The molecule has 0 spiro atoms. The molecule has 1 atom stereocenters. The van der Waals surface area contributed by atoms with Crippen molar-refractivity contribution < 1.29 is 9.53 Å². The quantitative estimate of drug-likeness (QED) is 0.770. The molecule has 0 aliphatic rings. The number of aromatic nitrogens is 2. The molecule has 3 rings (SSSR count). The van der Waals surface area contributed by atoms with E-state index in [4.69, 9.17) is 4.74 Å². The lowest BCUT2D eigenvalue weighted by molar-refractivity contribution is -0.123. The molecule has 0 aliphatic carbocycles. The number of carbonyl (C=O) groups is 1. The van der Waals surface area contributed by atoms with Gasteiger partial charge in [-0.15, -0.1) is 11.3 Å². The molecule has 2 heterocycles. The number of carbonyl (C=O) groups excluding carboxylic acids is 1. The molecule has 5 nitrogen and oxygen atoms in total. The van der Waals surface area contributed by atoms with Crippen LogP contribution in [0.3, 0.4) is 0 Å². The Hall–Kier alpha value is -2.47. The average Bonchev–Trinajstić information content (AvgIpc) is 2.89. The zero-order valence-electron chi connectivity index (χ0n) is 13.9. The molecule has 3 aromatic rings. The van der Waals surface area contributed by atoms with Crippen molar-refractivity contribution in [2.45, 2.75) is 26.8 Å². The summed E-state index contributed by atoms with van der Waals surface area (Å²) in [6.07, 6.45) is 1.47. The van der Waals surface area contributed by atoms with Gasteiger partial charge in [-0.3, -0.25) is 4.79 Å². The molecule has 0 saturated heterocycles. The zero-order chi connectivity index (χ0) is 17.1. The molecule has 1 N–H and O–H groups in total. The lowest BCUT2D eigenvalue weighted by Crippen LogP contribution is -2.31. The van der Waals surface area contributed by atoms with Crippen LogP contribution in [0.5, 0.6) is 5.88 Å². The van der Waals surface area contributed by atoms with Crippen molar-refractivity contribution in [1.29, 1.82) is 0 Å². The highest BCUT2D eigenvalue weighted by atomic mass is 32.1. The van der Waals surface area contributed by atoms with Crippen molar-refractivity contribution in [1.82, 2.24) is 15.3 Å². The highest BCUT2D eigenvalue weighted by Gasteiger charge is 2.15. The van der Waals surface area contributed by atoms with E-state index in [-0.39, 0.29) is 18.6 Å². The second-order valence-electron chi connectivity index (χ2n) is 5.63. The Morgan fingerprint density at radius 1 is 1.25 bits per heavy atom. The second-order valence-corrected chi connectivity index (χ2v) is 6.83. The number of thiophene rings is 1. The molecule has 124 valence electrons. The predicted molar refractivity (Wildman–Crippen MR) is 95.4 cm³/mol. The Balaban J connectivity index is 1.67. The number of benzene rings is 1. The number of hydrogen-bond donors (Lipinski definition) is 1.